The second-order valence-corrected chi connectivity index (χ2v) is 11.9. The van der Waals surface area contributed by atoms with Crippen LogP contribution >= 0.6 is 0 Å². The molecule has 4 aliphatic rings. The number of carbonyl (C=O) groups excluding carboxylic acids is 5. The molecule has 5 unspecified atom stereocenters. The zero-order valence-electron chi connectivity index (χ0n) is 21.5. The Bertz CT molecular complexity index is 1050. The summed E-state index contributed by atoms with van der Waals surface area (Å²) in [6.45, 7) is 4.64. The van der Waals surface area contributed by atoms with E-state index in [1.807, 2.05) is 0 Å². The summed E-state index contributed by atoms with van der Waals surface area (Å²) in [4.78, 5) is 66.0. The molecule has 4 saturated heterocycles. The minimum Gasteiger partial charge on any atom is -0.374 e. The summed E-state index contributed by atoms with van der Waals surface area (Å²) in [5.41, 5.74) is 8.57. The number of halogens is 3. The van der Waals surface area contributed by atoms with Gasteiger partial charge in [-0.25, -0.2) is 0 Å². The lowest BCUT2D eigenvalue weighted by atomic mass is 9.63. The van der Waals surface area contributed by atoms with Crippen molar-refractivity contribution in [3.63, 3.8) is 0 Å². The van der Waals surface area contributed by atoms with Crippen molar-refractivity contribution in [2.45, 2.75) is 76.4 Å². The van der Waals surface area contributed by atoms with Gasteiger partial charge in [-0.05, 0) is 31.1 Å². The van der Waals surface area contributed by atoms with Gasteiger partial charge in [-0.3, -0.25) is 24.0 Å². The Balaban J connectivity index is 1.83. The van der Waals surface area contributed by atoms with Gasteiger partial charge in [0, 0.05) is 30.8 Å². The van der Waals surface area contributed by atoms with E-state index in [0.717, 1.165) is 4.90 Å². The molecule has 0 aromatic rings. The Hall–Kier alpha value is -2.90. The van der Waals surface area contributed by atoms with Crippen molar-refractivity contribution in [2.75, 3.05) is 13.1 Å². The van der Waals surface area contributed by atoms with Crippen LogP contribution in [0.1, 0.15) is 46.5 Å². The molecule has 0 aliphatic carbocycles. The van der Waals surface area contributed by atoms with Crippen LogP contribution in [0, 0.1) is 29.1 Å². The largest absolute Gasteiger partial charge is 0.471 e. The summed E-state index contributed by atoms with van der Waals surface area (Å²) in [5, 5.41) is 4.44. The van der Waals surface area contributed by atoms with E-state index in [1.165, 1.54) is 20.8 Å². The molecule has 38 heavy (non-hydrogen) atoms. The Morgan fingerprint density at radius 1 is 1.13 bits per heavy atom. The maximum atomic E-state index is 14.1. The zero-order valence-corrected chi connectivity index (χ0v) is 21.5. The molecule has 5 amide bonds. The molecule has 0 aromatic heterocycles. The summed E-state index contributed by atoms with van der Waals surface area (Å²) in [6, 6.07) is -1.71. The van der Waals surface area contributed by atoms with Gasteiger partial charge in [-0.15, -0.1) is 0 Å². The van der Waals surface area contributed by atoms with Gasteiger partial charge >= 0.3 is 12.1 Å². The number of rotatable bonds is 7. The van der Waals surface area contributed by atoms with Crippen molar-refractivity contribution >= 4 is 29.5 Å². The third kappa shape index (κ3) is 4.39. The van der Waals surface area contributed by atoms with Crippen LogP contribution in [0.3, 0.4) is 0 Å². The van der Waals surface area contributed by atoms with E-state index in [2.05, 4.69) is 5.32 Å². The molecule has 0 spiro atoms. The van der Waals surface area contributed by atoms with Crippen molar-refractivity contribution in [1.29, 1.82) is 0 Å². The van der Waals surface area contributed by atoms with Gasteiger partial charge in [0.1, 0.15) is 11.6 Å². The lowest BCUT2D eigenvalue weighted by molar-refractivity contribution is -0.177. The Morgan fingerprint density at radius 3 is 2.26 bits per heavy atom. The molecular weight excluding hydrogens is 511 g/mol. The Kier molecular flexibility index (Phi) is 6.94. The predicted octanol–water partition coefficient (Wildman–Crippen LogP) is -0.433. The minimum absolute atomic E-state index is 0.122. The van der Waals surface area contributed by atoms with Crippen molar-refractivity contribution in [3.05, 3.63) is 0 Å². The summed E-state index contributed by atoms with van der Waals surface area (Å²) in [5.74, 6) is -8.90. The van der Waals surface area contributed by atoms with Crippen molar-refractivity contribution in [1.82, 2.24) is 15.5 Å². The maximum Gasteiger partial charge on any atom is 0.471 e. The van der Waals surface area contributed by atoms with E-state index in [-0.39, 0.29) is 25.0 Å². The molecule has 11 nitrogen and oxygen atoms in total. The highest BCUT2D eigenvalue weighted by Gasteiger charge is 2.72. The Labute approximate surface area is 217 Å². The van der Waals surface area contributed by atoms with Crippen LogP contribution in [0.2, 0.25) is 0 Å². The van der Waals surface area contributed by atoms with E-state index in [9.17, 15) is 37.1 Å². The third-order valence-electron chi connectivity index (χ3n) is 8.64. The zero-order chi connectivity index (χ0) is 28.4. The fourth-order valence-electron chi connectivity index (χ4n) is 7.00. The number of carbonyl (C=O) groups is 5. The number of amides is 5. The smallest absolute Gasteiger partial charge is 0.374 e. The van der Waals surface area contributed by atoms with Crippen LogP contribution in [0.5, 0.6) is 0 Å². The van der Waals surface area contributed by atoms with Gasteiger partial charge in [0.25, 0.3) is 0 Å². The van der Waals surface area contributed by atoms with Gasteiger partial charge < -0.3 is 31.7 Å². The molecule has 4 rings (SSSR count). The summed E-state index contributed by atoms with van der Waals surface area (Å²) < 4.78 is 45.6. The monoisotopic (exact) mass is 545 g/mol. The fraction of sp³-hybridized carbons (Fsp3) is 0.792. The topological polar surface area (TPSA) is 174 Å². The minimum atomic E-state index is -5.26. The van der Waals surface area contributed by atoms with Gasteiger partial charge in [0.2, 0.25) is 23.6 Å². The number of nitrogens with one attached hydrogen (secondary N) is 2. The van der Waals surface area contributed by atoms with Crippen LogP contribution in [-0.2, 0) is 28.7 Å². The predicted molar refractivity (Wildman–Crippen MR) is 124 cm³/mol. The highest BCUT2D eigenvalue weighted by Crippen LogP contribution is 2.58. The van der Waals surface area contributed by atoms with E-state index in [1.54, 1.807) is 5.32 Å². The first-order valence-corrected chi connectivity index (χ1v) is 12.7. The highest BCUT2D eigenvalue weighted by atomic mass is 19.4. The number of alkyl halides is 3. The SMILES string of the molecule is CC(C)(C)[C@H](NC(=O)C(F)(F)F)C(=O)N1CC2C3CCC(O3)C2C1(C(N)=O)[C@H](C[C@H]1CCNC1=O)C(N)=O. The molecule has 0 saturated carbocycles. The standard InChI is InChI=1S/C24H34F3N5O6/c1-22(2,3)16(31-21(37)24(25,26)27)19(35)32-9-11-13-4-5-14(38-13)15(11)23(32,20(29)36)12(17(28)33)8-10-6-7-30-18(10)34/h10-16H,4-9H2,1-3H3,(H2,28,33)(H2,29,36)(H,30,34)(H,31,37)/t10-,11?,12-,13?,14?,15?,16-,23?/m1/s1. The molecular formula is C24H34F3N5O6. The first-order chi connectivity index (χ1) is 17.5. The lowest BCUT2D eigenvalue weighted by Gasteiger charge is -2.47. The fourth-order valence-corrected chi connectivity index (χ4v) is 7.00. The second kappa shape index (κ2) is 9.38. The molecule has 0 radical (unpaired) electrons. The maximum absolute atomic E-state index is 14.1. The molecule has 8 atom stereocenters. The molecule has 4 aliphatic heterocycles. The number of primary amides is 2. The Morgan fingerprint density at radius 2 is 1.76 bits per heavy atom. The number of hydrogen-bond donors (Lipinski definition) is 4. The first-order valence-electron chi connectivity index (χ1n) is 12.7. The van der Waals surface area contributed by atoms with E-state index in [4.69, 9.17) is 16.2 Å². The second-order valence-electron chi connectivity index (χ2n) is 11.9. The van der Waals surface area contributed by atoms with Crippen LogP contribution in [0.25, 0.3) is 0 Å². The van der Waals surface area contributed by atoms with Crippen LogP contribution in [0.4, 0.5) is 13.2 Å². The average Bonchev–Trinajstić information content (AvgIpc) is 3.55. The van der Waals surface area contributed by atoms with Crippen molar-refractivity contribution in [3.8, 4) is 0 Å². The van der Waals surface area contributed by atoms with Crippen LogP contribution in [-0.4, -0.2) is 77.5 Å². The highest BCUT2D eigenvalue weighted by molar-refractivity contribution is 6.00. The molecule has 212 valence electrons. The molecule has 6 N–H and O–H groups in total. The van der Waals surface area contributed by atoms with Gasteiger partial charge in [0.05, 0.1) is 18.1 Å². The van der Waals surface area contributed by atoms with Crippen molar-refractivity contribution in [2.24, 2.45) is 40.6 Å². The van der Waals surface area contributed by atoms with E-state index < -0.39 is 76.6 Å². The van der Waals surface area contributed by atoms with E-state index >= 15 is 0 Å². The molecule has 0 aromatic carbocycles. The van der Waals surface area contributed by atoms with Gasteiger partial charge in [-0.1, -0.05) is 20.8 Å². The van der Waals surface area contributed by atoms with Crippen LogP contribution in [0.15, 0.2) is 0 Å². The third-order valence-corrected chi connectivity index (χ3v) is 8.64. The lowest BCUT2D eigenvalue weighted by Crippen LogP contribution is -2.70. The average molecular weight is 546 g/mol. The number of nitrogens with two attached hydrogens (primary N) is 2. The molecule has 14 heteroatoms. The number of fused-ring (bicyclic) bond motifs is 5. The normalized spacial score (nSPS) is 34.0. The summed E-state index contributed by atoms with van der Waals surface area (Å²) in [7, 11) is 0. The number of ether oxygens (including phenoxy) is 1. The summed E-state index contributed by atoms with van der Waals surface area (Å²) >= 11 is 0. The van der Waals surface area contributed by atoms with Crippen LogP contribution < -0.4 is 22.1 Å². The molecule has 4 heterocycles. The molecule has 2 bridgehead atoms. The number of hydrogen-bond acceptors (Lipinski definition) is 6. The number of nitrogens with zero attached hydrogens (tertiary/aromatic N) is 1. The van der Waals surface area contributed by atoms with Crippen molar-refractivity contribution < 1.29 is 41.9 Å². The molecule has 4 fully saturated rings. The van der Waals surface area contributed by atoms with Gasteiger partial charge in [-0.2, -0.15) is 13.2 Å². The summed E-state index contributed by atoms with van der Waals surface area (Å²) in [6.07, 6.45) is -4.77. The first kappa shape index (κ1) is 28.1. The van der Waals surface area contributed by atoms with Gasteiger partial charge in [0.15, 0.2) is 0 Å². The van der Waals surface area contributed by atoms with E-state index in [0.29, 0.717) is 25.8 Å². The quantitative estimate of drug-likeness (QED) is 0.338. The number of likely N-dealkylation sites (tertiary alicyclic amines) is 1.